The molecule has 1 heterocycles. The van der Waals surface area contributed by atoms with Crippen molar-refractivity contribution >= 4 is 28.3 Å². The number of nitrogens with one attached hydrogen (secondary N) is 1. The minimum Gasteiger partial charge on any atom is -0.376 e. The Morgan fingerprint density at radius 1 is 1.41 bits per heavy atom. The van der Waals surface area contributed by atoms with Gasteiger partial charge in [-0.15, -0.1) is 0 Å². The molecule has 1 aromatic rings. The number of rotatable bonds is 4. The Bertz CT molecular complexity index is 350. The Balaban J connectivity index is 1.64. The first-order valence-corrected chi connectivity index (χ1v) is 7.30. The Hall–Kier alpha value is -0.580. The van der Waals surface area contributed by atoms with Gasteiger partial charge in [-0.3, -0.25) is 0 Å². The van der Waals surface area contributed by atoms with Gasteiger partial charge in [0.2, 0.25) is 0 Å². The van der Waals surface area contributed by atoms with Gasteiger partial charge in [-0.1, -0.05) is 54.3 Å². The van der Waals surface area contributed by atoms with Crippen LogP contribution in [0.4, 0.5) is 0 Å². The molecule has 2 rings (SSSR count). The highest BCUT2D eigenvalue weighted by Gasteiger charge is 2.15. The smallest absolute Gasteiger partial charge is 0.134 e. The van der Waals surface area contributed by atoms with Gasteiger partial charge in [-0.2, -0.15) is 0 Å². The third-order valence-corrected chi connectivity index (χ3v) is 4.09. The van der Waals surface area contributed by atoms with E-state index >= 15 is 0 Å². The molecule has 2 nitrogen and oxygen atoms in total. The SMILES string of the molecule is S=C(NCC1CCCO1)SCc1ccccc1. The van der Waals surface area contributed by atoms with Crippen molar-refractivity contribution in [2.24, 2.45) is 0 Å². The van der Waals surface area contributed by atoms with Crippen LogP contribution in [0.5, 0.6) is 0 Å². The van der Waals surface area contributed by atoms with Gasteiger partial charge in [0.05, 0.1) is 6.10 Å². The predicted molar refractivity (Wildman–Crippen MR) is 77.3 cm³/mol. The Kier molecular flexibility index (Phi) is 5.29. The highest BCUT2D eigenvalue weighted by molar-refractivity contribution is 8.22. The fraction of sp³-hybridized carbons (Fsp3) is 0.462. The van der Waals surface area contributed by atoms with Gasteiger partial charge < -0.3 is 10.1 Å². The van der Waals surface area contributed by atoms with E-state index in [9.17, 15) is 0 Å². The Morgan fingerprint density at radius 2 is 2.24 bits per heavy atom. The van der Waals surface area contributed by atoms with E-state index in [0.717, 1.165) is 29.6 Å². The summed E-state index contributed by atoms with van der Waals surface area (Å²) in [4.78, 5) is 0. The minimum atomic E-state index is 0.352. The van der Waals surface area contributed by atoms with Crippen LogP contribution < -0.4 is 5.32 Å². The summed E-state index contributed by atoms with van der Waals surface area (Å²) in [5, 5.41) is 3.26. The third-order valence-electron chi connectivity index (χ3n) is 2.71. The fourth-order valence-electron chi connectivity index (χ4n) is 1.78. The number of thioether (sulfide) groups is 1. The van der Waals surface area contributed by atoms with E-state index in [4.69, 9.17) is 17.0 Å². The largest absolute Gasteiger partial charge is 0.376 e. The van der Waals surface area contributed by atoms with E-state index in [1.165, 1.54) is 12.0 Å². The van der Waals surface area contributed by atoms with E-state index < -0.39 is 0 Å². The van der Waals surface area contributed by atoms with Crippen LogP contribution in [0.3, 0.4) is 0 Å². The van der Waals surface area contributed by atoms with Gasteiger partial charge in [0, 0.05) is 18.9 Å². The second kappa shape index (κ2) is 6.99. The molecule has 1 fully saturated rings. The Labute approximate surface area is 112 Å². The molecule has 17 heavy (non-hydrogen) atoms. The molecule has 0 saturated carbocycles. The molecule has 0 aliphatic carbocycles. The zero-order chi connectivity index (χ0) is 11.9. The van der Waals surface area contributed by atoms with Crippen molar-refractivity contribution in [3.63, 3.8) is 0 Å². The van der Waals surface area contributed by atoms with Crippen LogP contribution in [-0.2, 0) is 10.5 Å². The van der Waals surface area contributed by atoms with Crippen LogP contribution in [0.1, 0.15) is 18.4 Å². The van der Waals surface area contributed by atoms with Crippen molar-refractivity contribution in [2.75, 3.05) is 13.2 Å². The summed E-state index contributed by atoms with van der Waals surface area (Å²) in [6.45, 7) is 1.75. The average molecular weight is 267 g/mol. The van der Waals surface area contributed by atoms with Crippen LogP contribution in [0, 0.1) is 0 Å². The molecular weight excluding hydrogens is 250 g/mol. The predicted octanol–water partition coefficient (Wildman–Crippen LogP) is 2.97. The van der Waals surface area contributed by atoms with Crippen molar-refractivity contribution in [3.8, 4) is 0 Å². The van der Waals surface area contributed by atoms with Crippen molar-refractivity contribution in [1.82, 2.24) is 5.32 Å². The second-order valence-corrected chi connectivity index (χ2v) is 5.73. The highest BCUT2D eigenvalue weighted by atomic mass is 32.2. The molecule has 0 bridgehead atoms. The van der Waals surface area contributed by atoms with E-state index in [1.807, 2.05) is 6.07 Å². The lowest BCUT2D eigenvalue weighted by molar-refractivity contribution is 0.114. The van der Waals surface area contributed by atoms with Crippen LogP contribution in [0.2, 0.25) is 0 Å². The summed E-state index contributed by atoms with van der Waals surface area (Å²) in [5.41, 5.74) is 1.30. The number of thiocarbonyl (C=S) groups is 1. The molecule has 0 amide bonds. The van der Waals surface area contributed by atoms with Crippen molar-refractivity contribution in [3.05, 3.63) is 35.9 Å². The minimum absolute atomic E-state index is 0.352. The fourth-order valence-corrected chi connectivity index (χ4v) is 2.71. The van der Waals surface area contributed by atoms with E-state index in [2.05, 4.69) is 29.6 Å². The molecule has 0 spiro atoms. The lowest BCUT2D eigenvalue weighted by Gasteiger charge is -2.12. The highest BCUT2D eigenvalue weighted by Crippen LogP contribution is 2.14. The Morgan fingerprint density at radius 3 is 2.94 bits per heavy atom. The van der Waals surface area contributed by atoms with Gasteiger partial charge >= 0.3 is 0 Å². The van der Waals surface area contributed by atoms with Crippen molar-refractivity contribution in [1.29, 1.82) is 0 Å². The summed E-state index contributed by atoms with van der Waals surface area (Å²) < 4.78 is 6.40. The van der Waals surface area contributed by atoms with Crippen molar-refractivity contribution in [2.45, 2.75) is 24.7 Å². The lowest BCUT2D eigenvalue weighted by Crippen LogP contribution is -2.28. The molecule has 0 aromatic heterocycles. The summed E-state index contributed by atoms with van der Waals surface area (Å²) in [5.74, 6) is 0.929. The quantitative estimate of drug-likeness (QED) is 0.846. The van der Waals surface area contributed by atoms with Gasteiger partial charge in [0.15, 0.2) is 0 Å². The van der Waals surface area contributed by atoms with E-state index in [1.54, 1.807) is 11.8 Å². The molecule has 0 radical (unpaired) electrons. The van der Waals surface area contributed by atoms with Crippen LogP contribution >= 0.6 is 24.0 Å². The number of benzene rings is 1. The summed E-state index contributed by atoms with van der Waals surface area (Å²) in [6, 6.07) is 10.4. The number of hydrogen-bond acceptors (Lipinski definition) is 3. The standard InChI is InChI=1S/C13H17NOS2/c16-13(14-9-12-7-4-8-15-12)17-10-11-5-2-1-3-6-11/h1-3,5-6,12H,4,7-10H2,(H,14,16). The monoisotopic (exact) mass is 267 g/mol. The van der Waals surface area contributed by atoms with Gasteiger partial charge in [0.25, 0.3) is 0 Å². The average Bonchev–Trinajstić information content (AvgIpc) is 2.88. The van der Waals surface area contributed by atoms with Crippen LogP contribution in [-0.4, -0.2) is 23.6 Å². The molecular formula is C13H17NOS2. The number of ether oxygens (including phenoxy) is 1. The van der Waals surface area contributed by atoms with Crippen molar-refractivity contribution < 1.29 is 4.74 Å². The molecule has 92 valence electrons. The van der Waals surface area contributed by atoms with Gasteiger partial charge in [0.1, 0.15) is 4.32 Å². The summed E-state index contributed by atoms with van der Waals surface area (Å²) in [7, 11) is 0. The van der Waals surface area contributed by atoms with E-state index in [-0.39, 0.29) is 0 Å². The topological polar surface area (TPSA) is 21.3 Å². The van der Waals surface area contributed by atoms with Gasteiger partial charge in [-0.05, 0) is 18.4 Å². The van der Waals surface area contributed by atoms with Crippen LogP contribution in [0.25, 0.3) is 0 Å². The zero-order valence-corrected chi connectivity index (χ0v) is 11.4. The summed E-state index contributed by atoms with van der Waals surface area (Å²) in [6.07, 6.45) is 2.68. The van der Waals surface area contributed by atoms with E-state index in [0.29, 0.717) is 6.10 Å². The number of hydrogen-bond donors (Lipinski definition) is 1. The summed E-state index contributed by atoms with van der Waals surface area (Å²) >= 11 is 6.96. The van der Waals surface area contributed by atoms with Crippen LogP contribution in [0.15, 0.2) is 30.3 Å². The molecule has 1 N–H and O–H groups in total. The molecule has 1 saturated heterocycles. The second-order valence-electron chi connectivity index (χ2n) is 4.08. The lowest BCUT2D eigenvalue weighted by atomic mass is 10.2. The zero-order valence-electron chi connectivity index (χ0n) is 9.72. The molecule has 1 atom stereocenters. The first kappa shape index (κ1) is 12.9. The first-order chi connectivity index (χ1) is 8.34. The maximum Gasteiger partial charge on any atom is 0.134 e. The third kappa shape index (κ3) is 4.66. The molecule has 1 aromatic carbocycles. The normalized spacial score (nSPS) is 19.2. The molecule has 4 heteroatoms. The maximum absolute atomic E-state index is 5.53. The first-order valence-electron chi connectivity index (χ1n) is 5.91. The molecule has 1 aliphatic heterocycles. The molecule has 1 aliphatic rings. The van der Waals surface area contributed by atoms with Gasteiger partial charge in [-0.25, -0.2) is 0 Å². The molecule has 1 unspecified atom stereocenters. The maximum atomic E-state index is 5.53.